The number of hydrogen-bond acceptors (Lipinski definition) is 2. The molecule has 0 bridgehead atoms. The molecule has 1 aromatic rings. The minimum atomic E-state index is 0.594. The van der Waals surface area contributed by atoms with E-state index >= 15 is 0 Å². The molecule has 3 heteroatoms. The first-order chi connectivity index (χ1) is 6.34. The summed E-state index contributed by atoms with van der Waals surface area (Å²) in [4.78, 5) is 0. The summed E-state index contributed by atoms with van der Waals surface area (Å²) in [6, 6.07) is 7.78. The molecule has 0 atom stereocenters. The lowest BCUT2D eigenvalue weighted by Crippen LogP contribution is -2.06. The monoisotopic (exact) mass is 244 g/mol. The van der Waals surface area contributed by atoms with Gasteiger partial charge in [-0.2, -0.15) is 0 Å². The zero-order valence-corrected chi connectivity index (χ0v) is 9.21. The second-order valence-corrected chi connectivity index (χ2v) is 3.33. The molecule has 0 amide bonds. The first kappa shape index (κ1) is 10.5. The van der Waals surface area contributed by atoms with Crippen molar-refractivity contribution in [2.45, 2.75) is 6.92 Å². The van der Waals surface area contributed by atoms with Gasteiger partial charge < -0.3 is 9.47 Å². The summed E-state index contributed by atoms with van der Waals surface area (Å²) in [5.74, 6) is 0.863. The molecular weight excluding hydrogens is 232 g/mol. The third kappa shape index (κ3) is 3.79. The van der Waals surface area contributed by atoms with Gasteiger partial charge >= 0.3 is 0 Å². The number of rotatable bonds is 5. The molecule has 0 fully saturated rings. The molecular formula is C10H13BrO2. The van der Waals surface area contributed by atoms with E-state index in [-0.39, 0.29) is 0 Å². The van der Waals surface area contributed by atoms with Gasteiger partial charge in [-0.25, -0.2) is 0 Å². The zero-order valence-electron chi connectivity index (χ0n) is 7.63. The summed E-state index contributed by atoms with van der Waals surface area (Å²) >= 11 is 3.40. The highest BCUT2D eigenvalue weighted by atomic mass is 79.9. The van der Waals surface area contributed by atoms with Crippen LogP contribution in [0.3, 0.4) is 0 Å². The highest BCUT2D eigenvalue weighted by Gasteiger charge is 1.97. The first-order valence-corrected chi connectivity index (χ1v) is 5.09. The van der Waals surface area contributed by atoms with E-state index in [0.717, 1.165) is 16.8 Å². The standard InChI is InChI=1S/C10H13BrO2/c1-2-12-7-8-13-10-6-4-3-5-9(10)11/h3-6H,2,7-8H2,1H3. The fraction of sp³-hybridized carbons (Fsp3) is 0.400. The summed E-state index contributed by atoms with van der Waals surface area (Å²) in [5.41, 5.74) is 0. The van der Waals surface area contributed by atoms with Gasteiger partial charge in [0, 0.05) is 6.61 Å². The van der Waals surface area contributed by atoms with Crippen molar-refractivity contribution in [1.29, 1.82) is 0 Å². The van der Waals surface area contributed by atoms with E-state index in [1.54, 1.807) is 0 Å². The van der Waals surface area contributed by atoms with Gasteiger partial charge in [-0.3, -0.25) is 0 Å². The van der Waals surface area contributed by atoms with Gasteiger partial charge in [0.2, 0.25) is 0 Å². The summed E-state index contributed by atoms with van der Waals surface area (Å²) in [6.45, 7) is 3.94. The van der Waals surface area contributed by atoms with Gasteiger partial charge in [0.25, 0.3) is 0 Å². The van der Waals surface area contributed by atoms with Crippen molar-refractivity contribution in [3.05, 3.63) is 28.7 Å². The Hall–Kier alpha value is -0.540. The fourth-order valence-electron chi connectivity index (χ4n) is 0.917. The van der Waals surface area contributed by atoms with Crippen molar-refractivity contribution in [1.82, 2.24) is 0 Å². The lowest BCUT2D eigenvalue weighted by molar-refractivity contribution is 0.110. The maximum Gasteiger partial charge on any atom is 0.133 e. The molecule has 0 spiro atoms. The van der Waals surface area contributed by atoms with Gasteiger partial charge in [0.1, 0.15) is 12.4 Å². The largest absolute Gasteiger partial charge is 0.490 e. The van der Waals surface area contributed by atoms with Crippen LogP contribution in [0.15, 0.2) is 28.7 Å². The van der Waals surface area contributed by atoms with Crippen LogP contribution in [0, 0.1) is 0 Å². The van der Waals surface area contributed by atoms with E-state index in [9.17, 15) is 0 Å². The lowest BCUT2D eigenvalue weighted by Gasteiger charge is -2.07. The SMILES string of the molecule is CCOCCOc1ccccc1Br. The summed E-state index contributed by atoms with van der Waals surface area (Å²) < 4.78 is 11.6. The third-order valence-corrected chi connectivity index (χ3v) is 2.18. The van der Waals surface area contributed by atoms with Crippen molar-refractivity contribution < 1.29 is 9.47 Å². The van der Waals surface area contributed by atoms with Gasteiger partial charge in [-0.05, 0) is 35.0 Å². The minimum absolute atomic E-state index is 0.594. The van der Waals surface area contributed by atoms with E-state index < -0.39 is 0 Å². The minimum Gasteiger partial charge on any atom is -0.490 e. The average molecular weight is 245 g/mol. The van der Waals surface area contributed by atoms with Crippen LogP contribution < -0.4 is 4.74 Å². The Morgan fingerprint density at radius 1 is 1.23 bits per heavy atom. The van der Waals surface area contributed by atoms with Crippen LogP contribution in [0.5, 0.6) is 5.75 Å². The van der Waals surface area contributed by atoms with Gasteiger partial charge in [0.15, 0.2) is 0 Å². The van der Waals surface area contributed by atoms with Crippen LogP contribution in [0.2, 0.25) is 0 Å². The smallest absolute Gasteiger partial charge is 0.133 e. The van der Waals surface area contributed by atoms with E-state index in [0.29, 0.717) is 13.2 Å². The molecule has 0 saturated carbocycles. The Labute approximate surface area is 87.0 Å². The molecule has 0 aromatic heterocycles. The van der Waals surface area contributed by atoms with Gasteiger partial charge in [0.05, 0.1) is 11.1 Å². The van der Waals surface area contributed by atoms with Crippen molar-refractivity contribution in [3.8, 4) is 5.75 Å². The van der Waals surface area contributed by atoms with Crippen LogP contribution in [-0.2, 0) is 4.74 Å². The second-order valence-electron chi connectivity index (χ2n) is 2.48. The number of para-hydroxylation sites is 1. The van der Waals surface area contributed by atoms with Crippen molar-refractivity contribution >= 4 is 15.9 Å². The quantitative estimate of drug-likeness (QED) is 0.742. The maximum atomic E-state index is 5.47. The van der Waals surface area contributed by atoms with Crippen LogP contribution in [-0.4, -0.2) is 19.8 Å². The number of ether oxygens (including phenoxy) is 2. The molecule has 1 rings (SSSR count). The van der Waals surface area contributed by atoms with Crippen LogP contribution >= 0.6 is 15.9 Å². The number of hydrogen-bond donors (Lipinski definition) is 0. The molecule has 0 radical (unpaired) electrons. The number of halogens is 1. The molecule has 0 N–H and O–H groups in total. The highest BCUT2D eigenvalue weighted by molar-refractivity contribution is 9.10. The van der Waals surface area contributed by atoms with Crippen LogP contribution in [0.4, 0.5) is 0 Å². The van der Waals surface area contributed by atoms with E-state index in [4.69, 9.17) is 9.47 Å². The molecule has 0 aliphatic carbocycles. The topological polar surface area (TPSA) is 18.5 Å². The Balaban J connectivity index is 2.32. The summed E-state index contributed by atoms with van der Waals surface area (Å²) in [5, 5.41) is 0. The summed E-state index contributed by atoms with van der Waals surface area (Å²) in [7, 11) is 0. The fourth-order valence-corrected chi connectivity index (χ4v) is 1.32. The molecule has 2 nitrogen and oxygen atoms in total. The van der Waals surface area contributed by atoms with E-state index in [2.05, 4.69) is 15.9 Å². The number of benzene rings is 1. The molecule has 72 valence electrons. The van der Waals surface area contributed by atoms with Gasteiger partial charge in [-0.15, -0.1) is 0 Å². The third-order valence-electron chi connectivity index (χ3n) is 1.53. The molecule has 13 heavy (non-hydrogen) atoms. The zero-order chi connectivity index (χ0) is 9.52. The molecule has 0 unspecified atom stereocenters. The van der Waals surface area contributed by atoms with Crippen molar-refractivity contribution in [2.75, 3.05) is 19.8 Å². The summed E-state index contributed by atoms with van der Waals surface area (Å²) in [6.07, 6.45) is 0. The van der Waals surface area contributed by atoms with Crippen LogP contribution in [0.1, 0.15) is 6.92 Å². The molecule has 0 aliphatic rings. The Morgan fingerprint density at radius 2 is 2.00 bits per heavy atom. The predicted octanol–water partition coefficient (Wildman–Crippen LogP) is 2.86. The molecule has 1 aromatic carbocycles. The Bertz CT molecular complexity index is 250. The molecule has 0 aliphatic heterocycles. The van der Waals surface area contributed by atoms with Crippen molar-refractivity contribution in [2.24, 2.45) is 0 Å². The Kier molecular flexibility index (Phi) is 4.86. The molecule has 0 saturated heterocycles. The Morgan fingerprint density at radius 3 is 2.69 bits per heavy atom. The maximum absolute atomic E-state index is 5.47. The van der Waals surface area contributed by atoms with E-state index in [1.807, 2.05) is 31.2 Å². The van der Waals surface area contributed by atoms with Gasteiger partial charge in [-0.1, -0.05) is 12.1 Å². The van der Waals surface area contributed by atoms with Crippen LogP contribution in [0.25, 0.3) is 0 Å². The van der Waals surface area contributed by atoms with E-state index in [1.165, 1.54) is 0 Å². The van der Waals surface area contributed by atoms with Crippen molar-refractivity contribution in [3.63, 3.8) is 0 Å². The normalized spacial score (nSPS) is 10.0. The first-order valence-electron chi connectivity index (χ1n) is 4.29. The lowest BCUT2D eigenvalue weighted by atomic mass is 10.3. The second kappa shape index (κ2) is 6.00. The average Bonchev–Trinajstić information content (AvgIpc) is 2.15. The highest BCUT2D eigenvalue weighted by Crippen LogP contribution is 2.23. The predicted molar refractivity (Wildman–Crippen MR) is 56.1 cm³/mol. The molecule has 0 heterocycles.